The minimum atomic E-state index is 0.342. The molecule has 0 radical (unpaired) electrons. The van der Waals surface area contributed by atoms with E-state index < -0.39 is 0 Å². The van der Waals surface area contributed by atoms with Crippen molar-refractivity contribution in [3.8, 4) is 33.4 Å². The lowest BCUT2D eigenvalue weighted by Gasteiger charge is -2.19. The molecular formula is C45H37N3. The normalized spacial score (nSPS) is 11.5. The molecule has 0 aliphatic rings. The van der Waals surface area contributed by atoms with Gasteiger partial charge in [0.05, 0.1) is 0 Å². The molecule has 0 aliphatic heterocycles. The summed E-state index contributed by atoms with van der Waals surface area (Å²) in [6.45, 7) is 0.342. The summed E-state index contributed by atoms with van der Waals surface area (Å²) in [6, 6.07) is 63.3. The molecular weight excluding hydrogens is 583 g/mol. The minimum Gasteiger partial charge on any atom is -0.398 e. The summed E-state index contributed by atoms with van der Waals surface area (Å²) >= 11 is 0. The van der Waals surface area contributed by atoms with Crippen molar-refractivity contribution in [2.24, 2.45) is 5.73 Å². The van der Waals surface area contributed by atoms with Gasteiger partial charge in [0, 0.05) is 34.7 Å². The molecule has 0 atom stereocenters. The van der Waals surface area contributed by atoms with Crippen molar-refractivity contribution in [3.63, 3.8) is 0 Å². The first kappa shape index (κ1) is 30.5. The van der Waals surface area contributed by atoms with Crippen LogP contribution in [0.1, 0.15) is 16.7 Å². The number of nitrogen functional groups attached to an aromatic ring is 1. The molecule has 0 spiro atoms. The second-order valence-electron chi connectivity index (χ2n) is 11.8. The van der Waals surface area contributed by atoms with Crippen molar-refractivity contribution in [1.82, 2.24) is 0 Å². The van der Waals surface area contributed by atoms with E-state index in [4.69, 9.17) is 11.5 Å². The van der Waals surface area contributed by atoms with E-state index in [1.165, 1.54) is 0 Å². The maximum atomic E-state index is 6.68. The highest BCUT2D eigenvalue weighted by Gasteiger charge is 2.17. The van der Waals surface area contributed by atoms with Crippen LogP contribution in [0.25, 0.3) is 44.5 Å². The van der Waals surface area contributed by atoms with Crippen LogP contribution in [-0.2, 0) is 0 Å². The van der Waals surface area contributed by atoms with Crippen LogP contribution in [0.2, 0.25) is 0 Å². The lowest BCUT2D eigenvalue weighted by Crippen LogP contribution is -2.08. The predicted octanol–water partition coefficient (Wildman–Crippen LogP) is 10.9. The Hall–Kier alpha value is -6.16. The summed E-state index contributed by atoms with van der Waals surface area (Å²) in [6.07, 6.45) is 0. The van der Waals surface area contributed by atoms with E-state index in [1.807, 2.05) is 42.5 Å². The van der Waals surface area contributed by atoms with Gasteiger partial charge in [0.25, 0.3) is 0 Å². The van der Waals surface area contributed by atoms with Crippen molar-refractivity contribution in [2.75, 3.05) is 17.6 Å². The van der Waals surface area contributed by atoms with Gasteiger partial charge in [-0.3, -0.25) is 0 Å². The Labute approximate surface area is 282 Å². The first-order valence-electron chi connectivity index (χ1n) is 16.2. The van der Waals surface area contributed by atoms with Crippen LogP contribution in [0.4, 0.5) is 17.1 Å². The SMILES string of the molecule is NC/C(=C(/c1ccccc1)c1ccccc1N)c1cc(-c2ccccc2)cc(-c2cccc(-c3ccccc3Nc3ccccc3)c2)c1. The van der Waals surface area contributed by atoms with Gasteiger partial charge in [-0.15, -0.1) is 0 Å². The number of rotatable bonds is 9. The van der Waals surface area contributed by atoms with Crippen molar-refractivity contribution < 1.29 is 0 Å². The van der Waals surface area contributed by atoms with Gasteiger partial charge in [-0.05, 0) is 98.6 Å². The average Bonchev–Trinajstić information content (AvgIpc) is 3.15. The van der Waals surface area contributed by atoms with Crippen molar-refractivity contribution >= 4 is 28.2 Å². The Morgan fingerprint density at radius 2 is 1.02 bits per heavy atom. The number of nitrogens with two attached hydrogens (primary N) is 2. The molecule has 0 amide bonds. The van der Waals surface area contributed by atoms with E-state index in [0.29, 0.717) is 6.54 Å². The van der Waals surface area contributed by atoms with Crippen LogP contribution in [0.5, 0.6) is 0 Å². The zero-order valence-corrected chi connectivity index (χ0v) is 26.7. The monoisotopic (exact) mass is 619 g/mol. The molecule has 48 heavy (non-hydrogen) atoms. The topological polar surface area (TPSA) is 64.1 Å². The Morgan fingerprint density at radius 1 is 0.458 bits per heavy atom. The summed E-state index contributed by atoms with van der Waals surface area (Å²) in [5.41, 5.74) is 28.1. The molecule has 0 heterocycles. The van der Waals surface area contributed by atoms with Crippen LogP contribution >= 0.6 is 0 Å². The third-order valence-corrected chi connectivity index (χ3v) is 8.67. The molecule has 3 nitrogen and oxygen atoms in total. The molecule has 0 bridgehead atoms. The number of anilines is 3. The first-order chi connectivity index (χ1) is 23.7. The average molecular weight is 620 g/mol. The van der Waals surface area contributed by atoms with E-state index in [9.17, 15) is 0 Å². The maximum absolute atomic E-state index is 6.68. The van der Waals surface area contributed by atoms with E-state index in [-0.39, 0.29) is 0 Å². The quantitative estimate of drug-likeness (QED) is 0.111. The van der Waals surface area contributed by atoms with Gasteiger partial charge in [0.15, 0.2) is 0 Å². The van der Waals surface area contributed by atoms with Crippen molar-refractivity contribution in [1.29, 1.82) is 0 Å². The maximum Gasteiger partial charge on any atom is 0.0463 e. The molecule has 3 heteroatoms. The number of para-hydroxylation sites is 3. The zero-order valence-electron chi connectivity index (χ0n) is 26.7. The van der Waals surface area contributed by atoms with E-state index in [1.54, 1.807) is 0 Å². The smallest absolute Gasteiger partial charge is 0.0463 e. The number of nitrogens with one attached hydrogen (secondary N) is 1. The lowest BCUT2D eigenvalue weighted by molar-refractivity contribution is 1.26. The molecule has 7 aromatic carbocycles. The first-order valence-corrected chi connectivity index (χ1v) is 16.2. The van der Waals surface area contributed by atoms with E-state index in [2.05, 4.69) is 145 Å². The van der Waals surface area contributed by atoms with Crippen molar-refractivity contribution in [3.05, 3.63) is 199 Å². The summed E-state index contributed by atoms with van der Waals surface area (Å²) in [5, 5.41) is 3.61. The summed E-state index contributed by atoms with van der Waals surface area (Å²) in [7, 11) is 0. The van der Waals surface area contributed by atoms with E-state index in [0.717, 1.165) is 78.3 Å². The fraction of sp³-hybridized carbons (Fsp3) is 0.0222. The molecule has 0 unspecified atom stereocenters. The fourth-order valence-electron chi connectivity index (χ4n) is 6.34. The predicted molar refractivity (Wildman–Crippen MR) is 205 cm³/mol. The van der Waals surface area contributed by atoms with Gasteiger partial charge in [-0.25, -0.2) is 0 Å². The van der Waals surface area contributed by atoms with Gasteiger partial charge in [0.2, 0.25) is 0 Å². The standard InChI is InChI=1S/C45H37N3/c46-31-42(45(33-17-6-2-7-18-33)41-24-10-12-25-43(41)47)38-29-36(32-15-4-1-5-16-32)28-37(30-38)34-19-14-20-35(27-34)40-23-11-13-26-44(40)48-39-21-8-3-9-22-39/h1-30,48H,31,46-47H2/b45-42+. The molecule has 0 aliphatic carbocycles. The summed E-state index contributed by atoms with van der Waals surface area (Å²) in [4.78, 5) is 0. The highest BCUT2D eigenvalue weighted by atomic mass is 14.9. The fourth-order valence-corrected chi connectivity index (χ4v) is 6.34. The van der Waals surface area contributed by atoms with Gasteiger partial charge in [-0.1, -0.05) is 133 Å². The lowest BCUT2D eigenvalue weighted by atomic mass is 9.86. The second kappa shape index (κ2) is 14.1. The molecule has 0 saturated heterocycles. The third kappa shape index (κ3) is 6.54. The molecule has 7 aromatic rings. The van der Waals surface area contributed by atoms with Crippen LogP contribution in [-0.4, -0.2) is 6.54 Å². The Bertz CT molecular complexity index is 2190. The van der Waals surface area contributed by atoms with Crippen LogP contribution in [0.15, 0.2) is 182 Å². The Morgan fingerprint density at radius 3 is 1.75 bits per heavy atom. The third-order valence-electron chi connectivity index (χ3n) is 8.67. The molecule has 7 rings (SSSR count). The number of benzene rings is 7. The zero-order chi connectivity index (χ0) is 32.7. The highest BCUT2D eigenvalue weighted by Crippen LogP contribution is 2.39. The van der Waals surface area contributed by atoms with Gasteiger partial charge < -0.3 is 16.8 Å². The molecule has 5 N–H and O–H groups in total. The molecule has 0 aromatic heterocycles. The van der Waals surface area contributed by atoms with Crippen LogP contribution in [0, 0.1) is 0 Å². The Balaban J connectivity index is 1.41. The van der Waals surface area contributed by atoms with Gasteiger partial charge >= 0.3 is 0 Å². The highest BCUT2D eigenvalue weighted by molar-refractivity contribution is 6.02. The molecule has 0 fully saturated rings. The number of hydrogen-bond donors (Lipinski definition) is 3. The molecule has 0 saturated carbocycles. The summed E-state index contributed by atoms with van der Waals surface area (Å²) < 4.78 is 0. The van der Waals surface area contributed by atoms with Crippen LogP contribution in [0.3, 0.4) is 0 Å². The number of hydrogen-bond acceptors (Lipinski definition) is 3. The van der Waals surface area contributed by atoms with Gasteiger partial charge in [-0.2, -0.15) is 0 Å². The molecule has 232 valence electrons. The van der Waals surface area contributed by atoms with E-state index >= 15 is 0 Å². The second-order valence-corrected chi connectivity index (χ2v) is 11.8. The van der Waals surface area contributed by atoms with Crippen LogP contribution < -0.4 is 16.8 Å². The van der Waals surface area contributed by atoms with Crippen molar-refractivity contribution in [2.45, 2.75) is 0 Å². The Kier molecular flexibility index (Phi) is 8.95. The minimum absolute atomic E-state index is 0.342. The largest absolute Gasteiger partial charge is 0.398 e. The summed E-state index contributed by atoms with van der Waals surface area (Å²) in [5.74, 6) is 0. The van der Waals surface area contributed by atoms with Gasteiger partial charge in [0.1, 0.15) is 0 Å².